The second kappa shape index (κ2) is 8.71. The first-order valence-corrected chi connectivity index (χ1v) is 10.8. The van der Waals surface area contributed by atoms with Crippen molar-refractivity contribution in [3.8, 4) is 16.3 Å². The zero-order valence-corrected chi connectivity index (χ0v) is 17.8. The van der Waals surface area contributed by atoms with Gasteiger partial charge in [0, 0.05) is 32.2 Å². The molecule has 0 bridgehead atoms. The maximum absolute atomic E-state index is 13.1. The van der Waals surface area contributed by atoms with Gasteiger partial charge in [0.25, 0.3) is 5.56 Å². The summed E-state index contributed by atoms with van der Waals surface area (Å²) in [4.78, 5) is 30.5. The third-order valence-corrected chi connectivity index (χ3v) is 6.23. The molecule has 0 N–H and O–H groups in total. The Morgan fingerprint density at radius 2 is 1.83 bits per heavy atom. The van der Waals surface area contributed by atoms with E-state index >= 15 is 0 Å². The van der Waals surface area contributed by atoms with Crippen LogP contribution in [0.3, 0.4) is 0 Å². The lowest BCUT2D eigenvalue weighted by Gasteiger charge is -2.37. The fourth-order valence-electron chi connectivity index (χ4n) is 3.69. The van der Waals surface area contributed by atoms with E-state index < -0.39 is 6.04 Å². The summed E-state index contributed by atoms with van der Waals surface area (Å²) >= 11 is 1.55. The highest BCUT2D eigenvalue weighted by molar-refractivity contribution is 7.13. The smallest absolute Gasteiger partial charge is 0.267 e. The standard InChI is InChI=1S/C22H24N4O3S/c1-16(26-21(27)10-9-17(23-26)20-8-5-15-30-20)22(28)25-13-11-24(12-14-25)18-6-3-4-7-19(18)29-2/h3-10,15-16H,11-14H2,1-2H3. The van der Waals surface area contributed by atoms with Crippen LogP contribution >= 0.6 is 11.3 Å². The van der Waals surface area contributed by atoms with Gasteiger partial charge in [0.2, 0.25) is 5.91 Å². The fourth-order valence-corrected chi connectivity index (χ4v) is 4.38. The molecule has 4 rings (SSSR count). The Labute approximate surface area is 179 Å². The van der Waals surface area contributed by atoms with Gasteiger partial charge < -0.3 is 14.5 Å². The molecule has 0 spiro atoms. The van der Waals surface area contributed by atoms with E-state index in [1.807, 2.05) is 46.7 Å². The number of thiophene rings is 1. The number of anilines is 1. The highest BCUT2D eigenvalue weighted by Gasteiger charge is 2.28. The van der Waals surface area contributed by atoms with Crippen LogP contribution < -0.4 is 15.2 Å². The first kappa shape index (κ1) is 20.2. The minimum absolute atomic E-state index is 0.0902. The molecule has 3 aromatic rings. The van der Waals surface area contributed by atoms with Crippen molar-refractivity contribution in [1.82, 2.24) is 14.7 Å². The second-order valence-corrected chi connectivity index (χ2v) is 8.09. The summed E-state index contributed by atoms with van der Waals surface area (Å²) in [5.74, 6) is 0.736. The number of hydrogen-bond donors (Lipinski definition) is 0. The van der Waals surface area contributed by atoms with Crippen LogP contribution in [-0.2, 0) is 4.79 Å². The minimum atomic E-state index is -0.657. The largest absolute Gasteiger partial charge is 0.495 e. The van der Waals surface area contributed by atoms with Crippen LogP contribution in [-0.4, -0.2) is 53.9 Å². The number of ether oxygens (including phenoxy) is 1. The molecule has 2 aromatic heterocycles. The van der Waals surface area contributed by atoms with Crippen molar-refractivity contribution in [3.05, 3.63) is 64.3 Å². The van der Waals surface area contributed by atoms with Gasteiger partial charge in [-0.05, 0) is 36.6 Å². The van der Waals surface area contributed by atoms with Crippen molar-refractivity contribution in [2.24, 2.45) is 0 Å². The predicted octanol–water partition coefficient (Wildman–Crippen LogP) is 2.89. The Bertz CT molecular complexity index is 1070. The molecular formula is C22H24N4O3S. The van der Waals surface area contributed by atoms with Gasteiger partial charge in [-0.25, -0.2) is 4.68 Å². The van der Waals surface area contributed by atoms with E-state index in [1.165, 1.54) is 10.7 Å². The van der Waals surface area contributed by atoms with Crippen molar-refractivity contribution >= 4 is 22.9 Å². The molecule has 0 aliphatic carbocycles. The number of methoxy groups -OCH3 is 1. The Morgan fingerprint density at radius 3 is 2.53 bits per heavy atom. The Balaban J connectivity index is 1.47. The SMILES string of the molecule is COc1ccccc1N1CCN(C(=O)C(C)n2nc(-c3cccs3)ccc2=O)CC1. The monoisotopic (exact) mass is 424 g/mol. The molecule has 0 saturated carbocycles. The van der Waals surface area contributed by atoms with E-state index in [2.05, 4.69) is 10.00 Å². The molecule has 156 valence electrons. The molecule has 1 aliphatic heterocycles. The Morgan fingerprint density at radius 1 is 1.07 bits per heavy atom. The van der Waals surface area contributed by atoms with Crippen LogP contribution in [0.1, 0.15) is 13.0 Å². The fraction of sp³-hybridized carbons (Fsp3) is 0.318. The van der Waals surface area contributed by atoms with Gasteiger partial charge in [-0.2, -0.15) is 5.10 Å². The topological polar surface area (TPSA) is 67.7 Å². The summed E-state index contributed by atoms with van der Waals surface area (Å²) in [5.41, 5.74) is 1.45. The normalized spacial score (nSPS) is 15.1. The van der Waals surface area contributed by atoms with Gasteiger partial charge in [0.1, 0.15) is 17.5 Å². The summed E-state index contributed by atoms with van der Waals surface area (Å²) in [5, 5.41) is 6.42. The van der Waals surface area contributed by atoms with E-state index in [0.29, 0.717) is 31.9 Å². The molecule has 1 atom stereocenters. The average Bonchev–Trinajstić information content (AvgIpc) is 3.33. The maximum atomic E-state index is 13.1. The number of carbonyl (C=O) groups is 1. The second-order valence-electron chi connectivity index (χ2n) is 7.14. The molecule has 1 fully saturated rings. The van der Waals surface area contributed by atoms with Crippen LogP contribution in [0.5, 0.6) is 5.75 Å². The van der Waals surface area contributed by atoms with Crippen LogP contribution in [0.15, 0.2) is 58.7 Å². The third kappa shape index (κ3) is 3.95. The minimum Gasteiger partial charge on any atom is -0.495 e. The van der Waals surface area contributed by atoms with Gasteiger partial charge >= 0.3 is 0 Å². The summed E-state index contributed by atoms with van der Waals surface area (Å²) < 4.78 is 6.75. The van der Waals surface area contributed by atoms with Crippen molar-refractivity contribution in [1.29, 1.82) is 0 Å². The first-order valence-electron chi connectivity index (χ1n) is 9.89. The van der Waals surface area contributed by atoms with Crippen molar-refractivity contribution in [2.45, 2.75) is 13.0 Å². The molecule has 3 heterocycles. The number of carbonyl (C=O) groups excluding carboxylic acids is 1. The number of nitrogens with zero attached hydrogens (tertiary/aromatic N) is 4. The van der Waals surface area contributed by atoms with E-state index in [1.54, 1.807) is 31.4 Å². The maximum Gasteiger partial charge on any atom is 0.267 e. The molecule has 1 saturated heterocycles. The molecular weight excluding hydrogens is 400 g/mol. The highest BCUT2D eigenvalue weighted by Crippen LogP contribution is 2.28. The number of benzene rings is 1. The molecule has 30 heavy (non-hydrogen) atoms. The number of para-hydroxylation sites is 2. The molecule has 1 aliphatic rings. The number of amides is 1. The molecule has 7 nitrogen and oxygen atoms in total. The molecule has 8 heteroatoms. The number of hydrogen-bond acceptors (Lipinski definition) is 6. The number of rotatable bonds is 5. The van der Waals surface area contributed by atoms with Crippen LogP contribution in [0, 0.1) is 0 Å². The number of piperazine rings is 1. The Hall–Kier alpha value is -3.13. The highest BCUT2D eigenvalue weighted by atomic mass is 32.1. The van der Waals surface area contributed by atoms with Gasteiger partial charge in [-0.3, -0.25) is 9.59 Å². The quantitative estimate of drug-likeness (QED) is 0.630. The van der Waals surface area contributed by atoms with Crippen molar-refractivity contribution in [3.63, 3.8) is 0 Å². The van der Waals surface area contributed by atoms with Gasteiger partial charge in [-0.15, -0.1) is 11.3 Å². The molecule has 1 amide bonds. The predicted molar refractivity (Wildman–Crippen MR) is 118 cm³/mol. The summed E-state index contributed by atoms with van der Waals surface area (Å²) in [7, 11) is 1.66. The van der Waals surface area contributed by atoms with E-state index in [4.69, 9.17) is 4.74 Å². The summed E-state index contributed by atoms with van der Waals surface area (Å²) in [6, 6.07) is 14.3. The average molecular weight is 425 g/mol. The van der Waals surface area contributed by atoms with Crippen LogP contribution in [0.4, 0.5) is 5.69 Å². The van der Waals surface area contributed by atoms with Gasteiger partial charge in [0.15, 0.2) is 0 Å². The first-order chi connectivity index (χ1) is 14.6. The van der Waals surface area contributed by atoms with Crippen molar-refractivity contribution in [2.75, 3.05) is 38.2 Å². The number of aromatic nitrogens is 2. The summed E-state index contributed by atoms with van der Waals surface area (Å²) in [6.07, 6.45) is 0. The third-order valence-electron chi connectivity index (χ3n) is 5.34. The Kier molecular flexibility index (Phi) is 5.85. The van der Waals surface area contributed by atoms with Crippen LogP contribution in [0.2, 0.25) is 0 Å². The van der Waals surface area contributed by atoms with E-state index in [0.717, 1.165) is 16.3 Å². The zero-order valence-electron chi connectivity index (χ0n) is 17.0. The lowest BCUT2D eigenvalue weighted by atomic mass is 10.2. The molecule has 1 aromatic carbocycles. The van der Waals surface area contributed by atoms with Crippen LogP contribution in [0.25, 0.3) is 10.6 Å². The molecule has 0 radical (unpaired) electrons. The summed E-state index contributed by atoms with van der Waals surface area (Å²) in [6.45, 7) is 4.31. The van der Waals surface area contributed by atoms with Gasteiger partial charge in [-0.1, -0.05) is 18.2 Å². The van der Waals surface area contributed by atoms with E-state index in [-0.39, 0.29) is 11.5 Å². The lowest BCUT2D eigenvalue weighted by molar-refractivity contribution is -0.135. The lowest BCUT2D eigenvalue weighted by Crippen LogP contribution is -2.51. The van der Waals surface area contributed by atoms with E-state index in [9.17, 15) is 9.59 Å². The van der Waals surface area contributed by atoms with Gasteiger partial charge in [0.05, 0.1) is 17.7 Å². The van der Waals surface area contributed by atoms with Crippen molar-refractivity contribution < 1.29 is 9.53 Å². The zero-order chi connectivity index (χ0) is 21.1. The molecule has 1 unspecified atom stereocenters.